The standard InChI is InChI=1S/C14H23N3O/c1-10(2)6-4-5-7-16-14(18)12-9-17-11(3)8-13(12)15/h8-10H,4-7H2,1-3H3,(H2,15,17)(H,16,18). The SMILES string of the molecule is Cc1cc(N)c(C(=O)NCCCCC(C)C)cn1. The number of nitrogens with zero attached hydrogens (tertiary/aromatic N) is 1. The van der Waals surface area contributed by atoms with Crippen LogP contribution in [0.5, 0.6) is 0 Å². The Bertz CT molecular complexity index is 402. The number of nitrogens with two attached hydrogens (primary N) is 1. The van der Waals surface area contributed by atoms with Crippen molar-refractivity contribution in [2.24, 2.45) is 5.92 Å². The molecule has 4 nitrogen and oxygen atoms in total. The normalized spacial score (nSPS) is 10.7. The highest BCUT2D eigenvalue weighted by Crippen LogP contribution is 2.11. The Morgan fingerprint density at radius 2 is 2.17 bits per heavy atom. The van der Waals surface area contributed by atoms with E-state index in [4.69, 9.17) is 5.73 Å². The first-order valence-electron chi connectivity index (χ1n) is 6.51. The lowest BCUT2D eigenvalue weighted by Gasteiger charge is -2.08. The number of hydrogen-bond acceptors (Lipinski definition) is 3. The van der Waals surface area contributed by atoms with Gasteiger partial charge in [-0.3, -0.25) is 9.78 Å². The minimum atomic E-state index is -0.135. The second-order valence-electron chi connectivity index (χ2n) is 5.06. The molecule has 1 heterocycles. The van der Waals surface area contributed by atoms with Crippen molar-refractivity contribution in [1.82, 2.24) is 10.3 Å². The average molecular weight is 249 g/mol. The van der Waals surface area contributed by atoms with E-state index >= 15 is 0 Å². The largest absolute Gasteiger partial charge is 0.398 e. The summed E-state index contributed by atoms with van der Waals surface area (Å²) < 4.78 is 0. The van der Waals surface area contributed by atoms with Gasteiger partial charge in [0.1, 0.15) is 0 Å². The highest BCUT2D eigenvalue weighted by atomic mass is 16.1. The van der Waals surface area contributed by atoms with Crippen LogP contribution in [-0.2, 0) is 0 Å². The molecule has 0 spiro atoms. The Morgan fingerprint density at radius 3 is 2.78 bits per heavy atom. The smallest absolute Gasteiger partial charge is 0.254 e. The summed E-state index contributed by atoms with van der Waals surface area (Å²) in [7, 11) is 0. The fourth-order valence-electron chi connectivity index (χ4n) is 1.75. The molecule has 0 aliphatic carbocycles. The highest BCUT2D eigenvalue weighted by molar-refractivity contribution is 5.98. The van der Waals surface area contributed by atoms with Crippen molar-refractivity contribution in [1.29, 1.82) is 0 Å². The summed E-state index contributed by atoms with van der Waals surface area (Å²) in [5.74, 6) is 0.585. The molecule has 1 amide bonds. The van der Waals surface area contributed by atoms with Crippen molar-refractivity contribution in [3.8, 4) is 0 Å². The number of carbonyl (C=O) groups is 1. The lowest BCUT2D eigenvalue weighted by atomic mass is 10.1. The van der Waals surface area contributed by atoms with Crippen LogP contribution in [0.4, 0.5) is 5.69 Å². The fraction of sp³-hybridized carbons (Fsp3) is 0.571. The molecule has 0 aromatic carbocycles. The zero-order valence-corrected chi connectivity index (χ0v) is 11.5. The first-order chi connectivity index (χ1) is 8.50. The molecule has 0 fully saturated rings. The monoisotopic (exact) mass is 249 g/mol. The first kappa shape index (κ1) is 14.5. The van der Waals surface area contributed by atoms with Crippen molar-refractivity contribution in [3.63, 3.8) is 0 Å². The number of nitrogens with one attached hydrogen (secondary N) is 1. The van der Waals surface area contributed by atoms with Crippen LogP contribution in [0.15, 0.2) is 12.3 Å². The summed E-state index contributed by atoms with van der Waals surface area (Å²) >= 11 is 0. The van der Waals surface area contributed by atoms with Crippen LogP contribution in [-0.4, -0.2) is 17.4 Å². The molecule has 18 heavy (non-hydrogen) atoms. The van der Waals surface area contributed by atoms with Crippen LogP contribution >= 0.6 is 0 Å². The van der Waals surface area contributed by atoms with E-state index < -0.39 is 0 Å². The lowest BCUT2D eigenvalue weighted by Crippen LogP contribution is -2.25. The van der Waals surface area contributed by atoms with Gasteiger partial charge in [0.15, 0.2) is 0 Å². The van der Waals surface area contributed by atoms with Crippen LogP contribution < -0.4 is 11.1 Å². The number of hydrogen-bond donors (Lipinski definition) is 2. The number of amides is 1. The van der Waals surface area contributed by atoms with Crippen molar-refractivity contribution in [2.75, 3.05) is 12.3 Å². The van der Waals surface area contributed by atoms with E-state index in [1.807, 2.05) is 6.92 Å². The minimum Gasteiger partial charge on any atom is -0.398 e. The van der Waals surface area contributed by atoms with Crippen molar-refractivity contribution >= 4 is 11.6 Å². The van der Waals surface area contributed by atoms with Gasteiger partial charge >= 0.3 is 0 Å². The molecular formula is C14H23N3O. The summed E-state index contributed by atoms with van der Waals surface area (Å²) in [5.41, 5.74) is 7.56. The van der Waals surface area contributed by atoms with Gasteiger partial charge in [0, 0.05) is 24.1 Å². The summed E-state index contributed by atoms with van der Waals surface area (Å²) in [6.45, 7) is 6.96. The fourth-order valence-corrected chi connectivity index (χ4v) is 1.75. The van der Waals surface area contributed by atoms with E-state index in [0.717, 1.165) is 24.5 Å². The zero-order chi connectivity index (χ0) is 13.5. The number of carbonyl (C=O) groups excluding carboxylic acids is 1. The van der Waals surface area contributed by atoms with Gasteiger partial charge in [0.25, 0.3) is 5.91 Å². The molecule has 4 heteroatoms. The van der Waals surface area contributed by atoms with Gasteiger partial charge in [-0.2, -0.15) is 0 Å². The third-order valence-electron chi connectivity index (χ3n) is 2.81. The quantitative estimate of drug-likeness (QED) is 0.761. The van der Waals surface area contributed by atoms with Gasteiger partial charge < -0.3 is 11.1 Å². The number of anilines is 1. The summed E-state index contributed by atoms with van der Waals surface area (Å²) in [4.78, 5) is 15.9. The van der Waals surface area contributed by atoms with Gasteiger partial charge in [-0.05, 0) is 25.3 Å². The van der Waals surface area contributed by atoms with Crippen LogP contribution in [0.2, 0.25) is 0 Å². The third-order valence-corrected chi connectivity index (χ3v) is 2.81. The second kappa shape index (κ2) is 6.99. The van der Waals surface area contributed by atoms with E-state index in [2.05, 4.69) is 24.1 Å². The molecule has 0 saturated carbocycles. The van der Waals surface area contributed by atoms with Gasteiger partial charge in [0.05, 0.1) is 5.56 Å². The summed E-state index contributed by atoms with van der Waals surface area (Å²) in [5, 5.41) is 2.87. The maximum absolute atomic E-state index is 11.8. The number of aromatic nitrogens is 1. The van der Waals surface area contributed by atoms with Gasteiger partial charge in [-0.15, -0.1) is 0 Å². The third kappa shape index (κ3) is 4.73. The highest BCUT2D eigenvalue weighted by Gasteiger charge is 2.09. The summed E-state index contributed by atoms with van der Waals surface area (Å²) in [6.07, 6.45) is 4.88. The van der Waals surface area contributed by atoms with Gasteiger partial charge in [-0.1, -0.05) is 26.7 Å². The Kier molecular flexibility index (Phi) is 5.62. The lowest BCUT2D eigenvalue weighted by molar-refractivity contribution is 0.0953. The number of nitrogen functional groups attached to an aromatic ring is 1. The van der Waals surface area contributed by atoms with Crippen LogP contribution in [0.3, 0.4) is 0 Å². The number of rotatable bonds is 6. The van der Waals surface area contributed by atoms with E-state index in [0.29, 0.717) is 17.8 Å². The molecule has 0 unspecified atom stereocenters. The van der Waals surface area contributed by atoms with Crippen molar-refractivity contribution in [2.45, 2.75) is 40.0 Å². The molecule has 0 atom stereocenters. The van der Waals surface area contributed by atoms with E-state index in [9.17, 15) is 4.79 Å². The topological polar surface area (TPSA) is 68.0 Å². The van der Waals surface area contributed by atoms with Crippen LogP contribution in [0.25, 0.3) is 0 Å². The predicted octanol–water partition coefficient (Wildman–Crippen LogP) is 2.53. The molecule has 100 valence electrons. The van der Waals surface area contributed by atoms with Crippen LogP contribution in [0, 0.1) is 12.8 Å². The molecule has 1 rings (SSSR count). The molecule has 0 aliphatic heterocycles. The predicted molar refractivity (Wildman–Crippen MR) is 74.4 cm³/mol. The van der Waals surface area contributed by atoms with E-state index in [-0.39, 0.29) is 5.91 Å². The Balaban J connectivity index is 2.36. The maximum atomic E-state index is 11.8. The number of pyridine rings is 1. The summed E-state index contributed by atoms with van der Waals surface area (Å²) in [6, 6.07) is 1.72. The zero-order valence-electron chi connectivity index (χ0n) is 11.5. The second-order valence-corrected chi connectivity index (χ2v) is 5.06. The number of unbranched alkanes of at least 4 members (excludes halogenated alkanes) is 1. The molecule has 0 aliphatic rings. The first-order valence-corrected chi connectivity index (χ1v) is 6.51. The van der Waals surface area contributed by atoms with Gasteiger partial charge in [-0.25, -0.2) is 0 Å². The van der Waals surface area contributed by atoms with E-state index in [1.54, 1.807) is 6.07 Å². The maximum Gasteiger partial charge on any atom is 0.254 e. The van der Waals surface area contributed by atoms with Crippen molar-refractivity contribution in [3.05, 3.63) is 23.5 Å². The Hall–Kier alpha value is -1.58. The van der Waals surface area contributed by atoms with E-state index in [1.165, 1.54) is 12.6 Å². The minimum absolute atomic E-state index is 0.135. The molecule has 0 radical (unpaired) electrons. The molecule has 0 saturated heterocycles. The van der Waals surface area contributed by atoms with Gasteiger partial charge in [0.2, 0.25) is 0 Å². The molecule has 0 bridgehead atoms. The van der Waals surface area contributed by atoms with Crippen molar-refractivity contribution < 1.29 is 4.79 Å². The molecule has 1 aromatic rings. The van der Waals surface area contributed by atoms with Crippen LogP contribution in [0.1, 0.15) is 49.2 Å². The molecular weight excluding hydrogens is 226 g/mol. The average Bonchev–Trinajstić information content (AvgIpc) is 2.27. The Labute approximate surface area is 109 Å². The molecule has 1 aromatic heterocycles. The molecule has 3 N–H and O–H groups in total. The number of aryl methyl sites for hydroxylation is 1. The Morgan fingerprint density at radius 1 is 1.44 bits per heavy atom.